The van der Waals surface area contributed by atoms with E-state index in [9.17, 15) is 24.3 Å². The Morgan fingerprint density at radius 2 is 1.93 bits per heavy atom. The number of benzene rings is 1. The maximum atomic E-state index is 12.5. The summed E-state index contributed by atoms with van der Waals surface area (Å²) in [6.07, 6.45) is 6.86. The Morgan fingerprint density at radius 1 is 1.18 bits per heavy atom. The largest absolute Gasteiger partial charge is 0.480 e. The SMILES string of the molecule is O=C(O)[C@@H]1CCCCN1C(=O)CN1C(=O)S/C(=C\C=C\c2ccccc2)C1=O. The summed E-state index contributed by atoms with van der Waals surface area (Å²) in [7, 11) is 0. The average molecular weight is 400 g/mol. The van der Waals surface area contributed by atoms with Gasteiger partial charge in [0.2, 0.25) is 5.91 Å². The van der Waals surface area contributed by atoms with E-state index in [2.05, 4.69) is 0 Å². The van der Waals surface area contributed by atoms with Gasteiger partial charge in [-0.3, -0.25) is 19.3 Å². The molecule has 3 amide bonds. The van der Waals surface area contributed by atoms with Crippen LogP contribution in [0.2, 0.25) is 0 Å². The molecule has 7 nitrogen and oxygen atoms in total. The number of imide groups is 1. The minimum atomic E-state index is -1.06. The molecule has 2 saturated heterocycles. The number of allylic oxidation sites excluding steroid dienone is 2. The third-order valence-electron chi connectivity index (χ3n) is 4.61. The van der Waals surface area contributed by atoms with Crippen LogP contribution in [-0.2, 0) is 14.4 Å². The van der Waals surface area contributed by atoms with Crippen molar-refractivity contribution in [2.45, 2.75) is 25.3 Å². The van der Waals surface area contributed by atoms with Gasteiger partial charge in [-0.15, -0.1) is 0 Å². The quantitative estimate of drug-likeness (QED) is 0.764. The zero-order chi connectivity index (χ0) is 20.1. The second-order valence-electron chi connectivity index (χ2n) is 6.50. The number of carbonyl (C=O) groups is 4. The molecular formula is C20H20N2O5S. The van der Waals surface area contributed by atoms with Crippen LogP contribution in [0.15, 0.2) is 47.4 Å². The smallest absolute Gasteiger partial charge is 0.326 e. The summed E-state index contributed by atoms with van der Waals surface area (Å²) < 4.78 is 0. The Hall–Kier alpha value is -2.87. The Kier molecular flexibility index (Phi) is 6.30. The van der Waals surface area contributed by atoms with Crippen molar-refractivity contribution in [3.8, 4) is 0 Å². The highest BCUT2D eigenvalue weighted by Crippen LogP contribution is 2.31. The van der Waals surface area contributed by atoms with Gasteiger partial charge in [0.25, 0.3) is 11.1 Å². The molecular weight excluding hydrogens is 380 g/mol. The van der Waals surface area contributed by atoms with Crippen LogP contribution < -0.4 is 0 Å². The molecule has 0 aromatic heterocycles. The van der Waals surface area contributed by atoms with E-state index in [1.807, 2.05) is 36.4 Å². The van der Waals surface area contributed by atoms with E-state index in [-0.39, 0.29) is 4.91 Å². The molecule has 0 radical (unpaired) electrons. The summed E-state index contributed by atoms with van der Waals surface area (Å²) >= 11 is 0.773. The highest BCUT2D eigenvalue weighted by atomic mass is 32.2. The summed E-state index contributed by atoms with van der Waals surface area (Å²) in [4.78, 5) is 50.9. The van der Waals surface area contributed by atoms with Gasteiger partial charge in [0, 0.05) is 6.54 Å². The summed E-state index contributed by atoms with van der Waals surface area (Å²) in [5.41, 5.74) is 0.956. The van der Waals surface area contributed by atoms with Gasteiger partial charge >= 0.3 is 5.97 Å². The Labute approximate surface area is 166 Å². The zero-order valence-corrected chi connectivity index (χ0v) is 15.9. The fourth-order valence-electron chi connectivity index (χ4n) is 3.17. The number of rotatable bonds is 5. The van der Waals surface area contributed by atoms with Crippen LogP contribution in [0.1, 0.15) is 24.8 Å². The molecule has 2 aliphatic rings. The first kappa shape index (κ1) is 19.9. The Balaban J connectivity index is 1.66. The normalized spacial score (nSPS) is 21.7. The van der Waals surface area contributed by atoms with Crippen molar-refractivity contribution in [2.24, 2.45) is 0 Å². The van der Waals surface area contributed by atoms with Crippen molar-refractivity contribution in [2.75, 3.05) is 13.1 Å². The van der Waals surface area contributed by atoms with E-state index in [0.717, 1.165) is 28.6 Å². The molecule has 2 aliphatic heterocycles. The first-order valence-electron chi connectivity index (χ1n) is 8.97. The molecule has 1 atom stereocenters. The molecule has 2 fully saturated rings. The second-order valence-corrected chi connectivity index (χ2v) is 7.49. The number of carboxylic acid groups (broad SMARTS) is 1. The molecule has 28 heavy (non-hydrogen) atoms. The van der Waals surface area contributed by atoms with Crippen molar-refractivity contribution in [3.63, 3.8) is 0 Å². The molecule has 0 bridgehead atoms. The molecule has 0 saturated carbocycles. The van der Waals surface area contributed by atoms with Crippen LogP contribution >= 0.6 is 11.8 Å². The number of piperidine rings is 1. The van der Waals surface area contributed by atoms with Gasteiger partial charge in [0.05, 0.1) is 4.91 Å². The van der Waals surface area contributed by atoms with E-state index in [1.54, 1.807) is 12.2 Å². The van der Waals surface area contributed by atoms with Gasteiger partial charge in [-0.05, 0) is 42.7 Å². The van der Waals surface area contributed by atoms with Crippen LogP contribution in [-0.4, -0.2) is 57.1 Å². The fraction of sp³-hybridized carbons (Fsp3) is 0.300. The number of nitrogens with zero attached hydrogens (tertiary/aromatic N) is 2. The number of aliphatic carboxylic acids is 1. The van der Waals surface area contributed by atoms with E-state index in [0.29, 0.717) is 19.4 Å². The topological polar surface area (TPSA) is 95.0 Å². The lowest BCUT2D eigenvalue weighted by molar-refractivity contribution is -0.152. The standard InChI is InChI=1S/C20H20N2O5S/c23-17(21-12-5-4-10-15(21)19(25)26)13-22-18(24)16(28-20(22)27)11-6-9-14-7-2-1-3-8-14/h1-3,6-9,11,15H,4-5,10,12-13H2,(H,25,26)/b9-6+,16-11-/t15-/m0/s1. The highest BCUT2D eigenvalue weighted by molar-refractivity contribution is 8.18. The summed E-state index contributed by atoms with van der Waals surface area (Å²) in [5, 5.41) is 8.77. The lowest BCUT2D eigenvalue weighted by Gasteiger charge is -2.33. The van der Waals surface area contributed by atoms with E-state index in [1.165, 1.54) is 4.90 Å². The predicted octanol–water partition coefficient (Wildman–Crippen LogP) is 2.74. The molecule has 0 aliphatic carbocycles. The van der Waals surface area contributed by atoms with Crippen molar-refractivity contribution in [1.82, 2.24) is 9.80 Å². The van der Waals surface area contributed by atoms with Crippen LogP contribution in [0.5, 0.6) is 0 Å². The van der Waals surface area contributed by atoms with Gasteiger partial charge in [-0.2, -0.15) is 0 Å². The summed E-state index contributed by atoms with van der Waals surface area (Å²) in [5.74, 6) is -2.12. The molecule has 0 spiro atoms. The average Bonchev–Trinajstić information content (AvgIpc) is 2.96. The number of hydrogen-bond acceptors (Lipinski definition) is 5. The molecule has 1 N–H and O–H groups in total. The molecule has 1 aromatic rings. The third-order valence-corrected chi connectivity index (χ3v) is 5.54. The maximum absolute atomic E-state index is 12.5. The maximum Gasteiger partial charge on any atom is 0.326 e. The molecule has 1 aromatic carbocycles. The third kappa shape index (κ3) is 4.51. The summed E-state index contributed by atoms with van der Waals surface area (Å²) in [6.45, 7) is -0.115. The second kappa shape index (κ2) is 8.88. The molecule has 146 valence electrons. The highest BCUT2D eigenvalue weighted by Gasteiger charge is 2.39. The first-order chi connectivity index (χ1) is 13.5. The van der Waals surface area contributed by atoms with Crippen LogP contribution in [0.3, 0.4) is 0 Å². The number of likely N-dealkylation sites (tertiary alicyclic amines) is 1. The first-order valence-corrected chi connectivity index (χ1v) is 9.78. The van der Waals surface area contributed by atoms with Crippen LogP contribution in [0, 0.1) is 0 Å². The van der Waals surface area contributed by atoms with E-state index >= 15 is 0 Å². The minimum Gasteiger partial charge on any atom is -0.480 e. The van der Waals surface area contributed by atoms with E-state index < -0.39 is 35.6 Å². The predicted molar refractivity (Wildman–Crippen MR) is 105 cm³/mol. The van der Waals surface area contributed by atoms with Crippen LogP contribution in [0.4, 0.5) is 4.79 Å². The number of hydrogen-bond donors (Lipinski definition) is 1. The Morgan fingerprint density at radius 3 is 2.64 bits per heavy atom. The van der Waals surface area contributed by atoms with Crippen molar-refractivity contribution < 1.29 is 24.3 Å². The lowest BCUT2D eigenvalue weighted by Crippen LogP contribution is -2.51. The summed E-state index contributed by atoms with van der Waals surface area (Å²) in [6, 6.07) is 8.61. The Bertz CT molecular complexity index is 849. The van der Waals surface area contributed by atoms with Crippen molar-refractivity contribution in [1.29, 1.82) is 0 Å². The van der Waals surface area contributed by atoms with Crippen molar-refractivity contribution in [3.05, 3.63) is 53.0 Å². The van der Waals surface area contributed by atoms with Gasteiger partial charge in [-0.1, -0.05) is 42.5 Å². The fourth-order valence-corrected chi connectivity index (χ4v) is 3.96. The van der Waals surface area contributed by atoms with Gasteiger partial charge in [0.1, 0.15) is 12.6 Å². The number of thioether (sulfide) groups is 1. The zero-order valence-electron chi connectivity index (χ0n) is 15.1. The number of carboxylic acids is 1. The number of carbonyl (C=O) groups excluding carboxylic acids is 3. The minimum absolute atomic E-state index is 0.235. The molecule has 0 unspecified atom stereocenters. The lowest BCUT2D eigenvalue weighted by atomic mass is 10.0. The molecule has 2 heterocycles. The van der Waals surface area contributed by atoms with Crippen LogP contribution in [0.25, 0.3) is 6.08 Å². The molecule has 8 heteroatoms. The van der Waals surface area contributed by atoms with Gasteiger partial charge in [0.15, 0.2) is 0 Å². The van der Waals surface area contributed by atoms with Gasteiger partial charge in [-0.25, -0.2) is 4.79 Å². The molecule has 3 rings (SSSR count). The monoisotopic (exact) mass is 400 g/mol. The van der Waals surface area contributed by atoms with Gasteiger partial charge < -0.3 is 10.0 Å². The number of amides is 3. The van der Waals surface area contributed by atoms with Crippen molar-refractivity contribution >= 4 is 40.9 Å². The van der Waals surface area contributed by atoms with E-state index in [4.69, 9.17) is 0 Å².